The van der Waals surface area contributed by atoms with Gasteiger partial charge < -0.3 is 8.83 Å². The molecule has 0 saturated heterocycles. The number of fused-ring (bicyclic) bond motifs is 2. The molecule has 29 heavy (non-hydrogen) atoms. The second-order valence-electron chi connectivity index (χ2n) is 6.78. The number of aromatic nitrogens is 2. The van der Waals surface area contributed by atoms with Gasteiger partial charge >= 0.3 is 0 Å². The van der Waals surface area contributed by atoms with Crippen LogP contribution < -0.4 is 11.0 Å². The Labute approximate surface area is 164 Å². The molecule has 1 atom stereocenters. The van der Waals surface area contributed by atoms with E-state index in [9.17, 15) is 9.59 Å². The predicted molar refractivity (Wildman–Crippen MR) is 110 cm³/mol. The average Bonchev–Trinajstić information content (AvgIpc) is 3.28. The minimum atomic E-state index is -0.461. The Balaban J connectivity index is 1.92. The Morgan fingerprint density at radius 3 is 2.45 bits per heavy atom. The first-order valence-electron chi connectivity index (χ1n) is 9.22. The summed E-state index contributed by atoms with van der Waals surface area (Å²) < 4.78 is 12.8. The second kappa shape index (κ2) is 6.60. The maximum absolute atomic E-state index is 13.5. The van der Waals surface area contributed by atoms with Crippen LogP contribution >= 0.6 is 0 Å². The number of nitrogens with zero attached hydrogens (tertiary/aromatic N) is 2. The maximum atomic E-state index is 13.5. The van der Waals surface area contributed by atoms with Gasteiger partial charge in [0, 0.05) is 0 Å². The molecule has 5 rings (SSSR count). The lowest BCUT2D eigenvalue weighted by Crippen LogP contribution is -2.30. The van der Waals surface area contributed by atoms with Crippen LogP contribution in [0.2, 0.25) is 0 Å². The van der Waals surface area contributed by atoms with Gasteiger partial charge in [0.15, 0.2) is 17.0 Å². The third-order valence-corrected chi connectivity index (χ3v) is 5.06. The average molecular weight is 384 g/mol. The topological polar surface area (TPSA) is 78.2 Å². The molecule has 6 heteroatoms. The summed E-state index contributed by atoms with van der Waals surface area (Å²) in [6.45, 7) is 1.89. The van der Waals surface area contributed by atoms with Gasteiger partial charge in [-0.25, -0.2) is 0 Å². The lowest BCUT2D eigenvalue weighted by atomic mass is 10.1. The summed E-state index contributed by atoms with van der Waals surface area (Å²) in [4.78, 5) is 31.2. The van der Waals surface area contributed by atoms with Crippen molar-refractivity contribution in [3.8, 4) is 11.6 Å². The van der Waals surface area contributed by atoms with Crippen LogP contribution in [0.1, 0.15) is 18.5 Å². The monoisotopic (exact) mass is 384 g/mol. The van der Waals surface area contributed by atoms with Gasteiger partial charge in [-0.1, -0.05) is 42.5 Å². The van der Waals surface area contributed by atoms with E-state index >= 15 is 0 Å². The first-order chi connectivity index (χ1) is 14.1. The minimum absolute atomic E-state index is 0.00149. The molecular weight excluding hydrogens is 368 g/mol. The number of furan rings is 1. The number of hydrogen-bond donors (Lipinski definition) is 0. The lowest BCUT2D eigenvalue weighted by Gasteiger charge is -2.19. The van der Waals surface area contributed by atoms with Crippen molar-refractivity contribution in [3.05, 3.63) is 99.1 Å². The molecule has 0 bridgehead atoms. The Hall–Kier alpha value is -3.93. The van der Waals surface area contributed by atoms with E-state index < -0.39 is 5.56 Å². The normalized spacial score (nSPS) is 12.4. The van der Waals surface area contributed by atoms with E-state index in [-0.39, 0.29) is 22.6 Å². The molecule has 0 spiro atoms. The highest BCUT2D eigenvalue weighted by Gasteiger charge is 2.23. The fourth-order valence-corrected chi connectivity index (χ4v) is 3.58. The van der Waals surface area contributed by atoms with Crippen LogP contribution in [0, 0.1) is 0 Å². The van der Waals surface area contributed by atoms with Crippen molar-refractivity contribution in [1.29, 1.82) is 0 Å². The van der Waals surface area contributed by atoms with Crippen molar-refractivity contribution < 1.29 is 8.83 Å². The van der Waals surface area contributed by atoms with Gasteiger partial charge in [0.2, 0.25) is 11.1 Å². The summed E-state index contributed by atoms with van der Waals surface area (Å²) in [5.41, 5.74) is 0.447. The molecule has 0 fully saturated rings. The van der Waals surface area contributed by atoms with E-state index in [1.165, 1.54) is 10.8 Å². The van der Waals surface area contributed by atoms with Gasteiger partial charge in [0.05, 0.1) is 17.7 Å². The molecule has 5 aromatic rings. The van der Waals surface area contributed by atoms with Crippen molar-refractivity contribution in [3.63, 3.8) is 0 Å². The molecule has 0 unspecified atom stereocenters. The van der Waals surface area contributed by atoms with Crippen molar-refractivity contribution in [2.45, 2.75) is 13.0 Å². The van der Waals surface area contributed by atoms with E-state index in [0.29, 0.717) is 22.6 Å². The van der Waals surface area contributed by atoms with Gasteiger partial charge in [-0.2, -0.15) is 4.98 Å². The Morgan fingerprint density at radius 2 is 1.69 bits per heavy atom. The molecule has 0 amide bonds. The molecule has 0 aliphatic rings. The zero-order chi connectivity index (χ0) is 20.0. The highest BCUT2D eigenvalue weighted by atomic mass is 16.3. The first kappa shape index (κ1) is 17.2. The van der Waals surface area contributed by atoms with Crippen LogP contribution in [-0.4, -0.2) is 9.55 Å². The van der Waals surface area contributed by atoms with Crippen LogP contribution in [0.5, 0.6) is 0 Å². The zero-order valence-corrected chi connectivity index (χ0v) is 15.5. The molecule has 142 valence electrons. The van der Waals surface area contributed by atoms with Crippen molar-refractivity contribution in [2.24, 2.45) is 0 Å². The third kappa shape index (κ3) is 2.69. The highest BCUT2D eigenvalue weighted by Crippen LogP contribution is 2.26. The van der Waals surface area contributed by atoms with Crippen LogP contribution in [0.25, 0.3) is 33.7 Å². The summed E-state index contributed by atoms with van der Waals surface area (Å²) >= 11 is 0. The van der Waals surface area contributed by atoms with Gasteiger partial charge in [-0.3, -0.25) is 14.2 Å². The van der Waals surface area contributed by atoms with Gasteiger partial charge in [-0.05, 0) is 36.8 Å². The molecule has 0 N–H and O–H groups in total. The molecule has 2 aromatic carbocycles. The zero-order valence-electron chi connectivity index (χ0n) is 15.5. The van der Waals surface area contributed by atoms with Gasteiger partial charge in [0.25, 0.3) is 5.56 Å². The Bertz CT molecular complexity index is 1450. The van der Waals surface area contributed by atoms with E-state index in [1.54, 1.807) is 36.4 Å². The molecule has 0 aliphatic carbocycles. The maximum Gasteiger partial charge on any atom is 0.269 e. The van der Waals surface area contributed by atoms with E-state index in [2.05, 4.69) is 4.98 Å². The van der Waals surface area contributed by atoms with Gasteiger partial charge in [0.1, 0.15) is 5.58 Å². The van der Waals surface area contributed by atoms with E-state index in [0.717, 1.165) is 5.56 Å². The summed E-state index contributed by atoms with van der Waals surface area (Å²) in [5.74, 6) is 0.727. The summed E-state index contributed by atoms with van der Waals surface area (Å²) in [5, 5.41) is 0.283. The summed E-state index contributed by atoms with van der Waals surface area (Å²) in [7, 11) is 0. The van der Waals surface area contributed by atoms with E-state index in [1.807, 2.05) is 37.3 Å². The van der Waals surface area contributed by atoms with Crippen LogP contribution in [0.3, 0.4) is 0 Å². The largest absolute Gasteiger partial charge is 0.461 e. The van der Waals surface area contributed by atoms with Crippen LogP contribution in [0.4, 0.5) is 0 Å². The fourth-order valence-electron chi connectivity index (χ4n) is 3.58. The molecule has 0 aliphatic heterocycles. The second-order valence-corrected chi connectivity index (χ2v) is 6.78. The Morgan fingerprint density at radius 1 is 0.931 bits per heavy atom. The fraction of sp³-hybridized carbons (Fsp3) is 0.0870. The van der Waals surface area contributed by atoms with E-state index in [4.69, 9.17) is 8.83 Å². The Kier molecular flexibility index (Phi) is 3.91. The quantitative estimate of drug-likeness (QED) is 0.432. The molecule has 0 radical (unpaired) electrons. The minimum Gasteiger partial charge on any atom is -0.461 e. The highest BCUT2D eigenvalue weighted by molar-refractivity contribution is 5.88. The number of hydrogen-bond acceptors (Lipinski definition) is 5. The lowest BCUT2D eigenvalue weighted by molar-refractivity contribution is 0.546. The van der Waals surface area contributed by atoms with Crippen molar-refractivity contribution in [1.82, 2.24) is 9.55 Å². The third-order valence-electron chi connectivity index (χ3n) is 5.06. The molecule has 3 heterocycles. The number of rotatable bonds is 3. The smallest absolute Gasteiger partial charge is 0.269 e. The van der Waals surface area contributed by atoms with Crippen LogP contribution in [0.15, 0.2) is 91.4 Å². The molecule has 3 aromatic heterocycles. The number of para-hydroxylation sites is 1. The molecule has 6 nitrogen and oxygen atoms in total. The SMILES string of the molecule is C[C@@H](c1ccccc1)n1c(-c2ccco2)nc2oc3ccccc3c(=O)c2c1=O. The first-order valence-corrected chi connectivity index (χ1v) is 9.22. The predicted octanol–water partition coefficient (Wildman–Crippen LogP) is 4.37. The standard InChI is InChI=1S/C23H16N2O4/c1-14(15-8-3-2-4-9-15)25-21(18-12-7-13-28-18)24-22-19(23(25)27)20(26)16-10-5-6-11-17(16)29-22/h2-14H,1H3/t14-/m0/s1. The number of benzene rings is 2. The van der Waals surface area contributed by atoms with Crippen LogP contribution in [-0.2, 0) is 0 Å². The van der Waals surface area contributed by atoms with Gasteiger partial charge in [-0.15, -0.1) is 0 Å². The van der Waals surface area contributed by atoms with Crippen molar-refractivity contribution in [2.75, 3.05) is 0 Å². The molecular formula is C23H16N2O4. The molecule has 0 saturated carbocycles. The summed E-state index contributed by atoms with van der Waals surface area (Å²) in [6.07, 6.45) is 1.51. The van der Waals surface area contributed by atoms with Crippen molar-refractivity contribution >= 4 is 22.1 Å². The summed E-state index contributed by atoms with van der Waals surface area (Å²) in [6, 6.07) is 19.5.